The van der Waals surface area contributed by atoms with Crippen LogP contribution < -0.4 is 5.32 Å². The number of carbonyl (C=O) groups is 2. The minimum atomic E-state index is -0.887. The molecule has 5 heteroatoms. The van der Waals surface area contributed by atoms with Crippen molar-refractivity contribution in [2.24, 2.45) is 5.92 Å². The molecular formula is C13H26N2O3. The van der Waals surface area contributed by atoms with Crippen LogP contribution >= 0.6 is 0 Å². The van der Waals surface area contributed by atoms with Gasteiger partial charge >= 0.3 is 12.0 Å². The van der Waals surface area contributed by atoms with Gasteiger partial charge in [-0.1, -0.05) is 27.7 Å². The van der Waals surface area contributed by atoms with E-state index in [0.29, 0.717) is 0 Å². The molecule has 2 N–H and O–H groups in total. The zero-order valence-electron chi connectivity index (χ0n) is 12.1. The normalized spacial score (nSPS) is 12.9. The monoisotopic (exact) mass is 258 g/mol. The van der Waals surface area contributed by atoms with Gasteiger partial charge in [0.15, 0.2) is 0 Å². The molecule has 0 saturated heterocycles. The van der Waals surface area contributed by atoms with E-state index in [2.05, 4.69) is 5.32 Å². The van der Waals surface area contributed by atoms with Crippen LogP contribution in [0.2, 0.25) is 0 Å². The molecule has 0 aliphatic heterocycles. The highest BCUT2D eigenvalue weighted by Crippen LogP contribution is 2.19. The van der Waals surface area contributed by atoms with Crippen LogP contribution in [-0.2, 0) is 4.79 Å². The zero-order chi connectivity index (χ0) is 14.3. The number of amides is 2. The number of carboxylic acids is 1. The van der Waals surface area contributed by atoms with E-state index in [1.807, 2.05) is 20.8 Å². The average Bonchev–Trinajstić information content (AvgIpc) is 2.35. The number of urea groups is 1. The van der Waals surface area contributed by atoms with Gasteiger partial charge in [-0.3, -0.25) is 4.79 Å². The second-order valence-electron chi connectivity index (χ2n) is 4.89. The van der Waals surface area contributed by atoms with E-state index >= 15 is 0 Å². The number of nitrogens with zero attached hydrogens (tertiary/aromatic N) is 1. The fourth-order valence-corrected chi connectivity index (χ4v) is 1.91. The third-order valence-corrected chi connectivity index (χ3v) is 3.72. The number of hydrogen-bond donors (Lipinski definition) is 2. The summed E-state index contributed by atoms with van der Waals surface area (Å²) in [5.41, 5.74) is -0.183. The molecule has 1 unspecified atom stereocenters. The molecule has 0 bridgehead atoms. The Morgan fingerprint density at radius 3 is 2.00 bits per heavy atom. The molecule has 0 radical (unpaired) electrons. The molecular weight excluding hydrogens is 232 g/mol. The van der Waals surface area contributed by atoms with Crippen molar-refractivity contribution >= 4 is 12.0 Å². The summed E-state index contributed by atoms with van der Waals surface area (Å²) in [5.74, 6) is -1.44. The third-order valence-electron chi connectivity index (χ3n) is 3.72. The van der Waals surface area contributed by atoms with Crippen molar-refractivity contribution in [1.29, 1.82) is 0 Å². The van der Waals surface area contributed by atoms with Crippen LogP contribution in [-0.4, -0.2) is 41.1 Å². The molecule has 0 rings (SSSR count). The molecule has 0 fully saturated rings. The topological polar surface area (TPSA) is 69.6 Å². The van der Waals surface area contributed by atoms with Gasteiger partial charge < -0.3 is 15.3 Å². The fraction of sp³-hybridized carbons (Fsp3) is 0.846. The molecule has 18 heavy (non-hydrogen) atoms. The average molecular weight is 258 g/mol. The highest BCUT2D eigenvalue weighted by molar-refractivity contribution is 5.76. The molecule has 0 aromatic carbocycles. The summed E-state index contributed by atoms with van der Waals surface area (Å²) in [6.45, 7) is 7.96. The summed E-state index contributed by atoms with van der Waals surface area (Å²) in [7, 11) is 1.63. The summed E-state index contributed by atoms with van der Waals surface area (Å²) in [4.78, 5) is 24.2. The van der Waals surface area contributed by atoms with E-state index in [0.717, 1.165) is 19.3 Å². The van der Waals surface area contributed by atoms with Gasteiger partial charge in [-0.25, -0.2) is 4.79 Å². The number of nitrogens with one attached hydrogen (secondary N) is 1. The molecule has 2 amide bonds. The molecule has 0 aromatic heterocycles. The highest BCUT2D eigenvalue weighted by Gasteiger charge is 2.28. The first-order chi connectivity index (χ1) is 8.31. The summed E-state index contributed by atoms with van der Waals surface area (Å²) >= 11 is 0. The van der Waals surface area contributed by atoms with E-state index in [4.69, 9.17) is 5.11 Å². The van der Waals surface area contributed by atoms with Crippen molar-refractivity contribution in [3.63, 3.8) is 0 Å². The van der Waals surface area contributed by atoms with E-state index in [-0.39, 0.29) is 18.1 Å². The van der Waals surface area contributed by atoms with Crippen LogP contribution in [0.15, 0.2) is 0 Å². The number of rotatable bonds is 7. The van der Waals surface area contributed by atoms with Gasteiger partial charge in [0.05, 0.1) is 5.92 Å². The molecule has 0 spiro atoms. The number of hydrogen-bond acceptors (Lipinski definition) is 2. The van der Waals surface area contributed by atoms with Gasteiger partial charge in [-0.15, -0.1) is 0 Å². The zero-order valence-corrected chi connectivity index (χ0v) is 12.1. The van der Waals surface area contributed by atoms with Gasteiger partial charge in [0.1, 0.15) is 0 Å². The highest BCUT2D eigenvalue weighted by atomic mass is 16.4. The van der Waals surface area contributed by atoms with Crippen LogP contribution in [0.1, 0.15) is 47.0 Å². The smallest absolute Gasteiger partial charge is 0.317 e. The summed E-state index contributed by atoms with van der Waals surface area (Å²) in [6, 6.07) is -0.200. The number of carboxylic acid groups (broad SMARTS) is 1. The van der Waals surface area contributed by atoms with Crippen LogP contribution in [0.3, 0.4) is 0 Å². The second kappa shape index (κ2) is 7.24. The Bertz CT molecular complexity index is 280. The predicted octanol–water partition coefficient (Wildman–Crippen LogP) is 2.32. The molecule has 0 aliphatic carbocycles. The minimum Gasteiger partial charge on any atom is -0.481 e. The largest absolute Gasteiger partial charge is 0.481 e. The first-order valence-electron chi connectivity index (χ1n) is 6.58. The quantitative estimate of drug-likeness (QED) is 0.736. The molecule has 106 valence electrons. The van der Waals surface area contributed by atoms with Crippen molar-refractivity contribution in [1.82, 2.24) is 10.2 Å². The Morgan fingerprint density at radius 1 is 1.22 bits per heavy atom. The van der Waals surface area contributed by atoms with Crippen LogP contribution in [0, 0.1) is 5.92 Å². The summed E-state index contributed by atoms with van der Waals surface area (Å²) < 4.78 is 0. The Morgan fingerprint density at radius 2 is 1.67 bits per heavy atom. The van der Waals surface area contributed by atoms with Crippen LogP contribution in [0.25, 0.3) is 0 Å². The van der Waals surface area contributed by atoms with Crippen LogP contribution in [0.5, 0.6) is 0 Å². The summed E-state index contributed by atoms with van der Waals surface area (Å²) in [6.07, 6.45) is 2.61. The van der Waals surface area contributed by atoms with E-state index in [9.17, 15) is 9.59 Å². The Labute approximate surface area is 110 Å². The van der Waals surface area contributed by atoms with E-state index in [1.165, 1.54) is 4.90 Å². The first-order valence-corrected chi connectivity index (χ1v) is 6.58. The molecule has 1 atom stereocenters. The molecule has 0 aromatic rings. The molecule has 0 heterocycles. The maximum absolute atomic E-state index is 12.0. The van der Waals surface area contributed by atoms with Gasteiger partial charge in [-0.05, 0) is 19.3 Å². The second-order valence-corrected chi connectivity index (χ2v) is 4.89. The number of aliphatic carboxylic acids is 1. The maximum Gasteiger partial charge on any atom is 0.317 e. The first kappa shape index (κ1) is 16.7. The molecule has 5 nitrogen and oxygen atoms in total. The van der Waals surface area contributed by atoms with Crippen molar-refractivity contribution in [3.8, 4) is 0 Å². The lowest BCUT2D eigenvalue weighted by Crippen LogP contribution is -2.52. The lowest BCUT2D eigenvalue weighted by molar-refractivity contribution is -0.141. The Hall–Kier alpha value is -1.26. The van der Waals surface area contributed by atoms with Crippen molar-refractivity contribution in [3.05, 3.63) is 0 Å². The van der Waals surface area contributed by atoms with Gasteiger partial charge in [0, 0.05) is 19.1 Å². The molecule has 0 aliphatic rings. The van der Waals surface area contributed by atoms with Crippen LogP contribution in [0.4, 0.5) is 4.79 Å². The predicted molar refractivity (Wildman–Crippen MR) is 71.6 cm³/mol. The van der Waals surface area contributed by atoms with E-state index < -0.39 is 11.9 Å². The standard InChI is InChI=1S/C13H26N2O3/c1-6-13(7-2,8-3)14-12(18)15(5)9-10(4)11(16)17/h10H,6-9H2,1-5H3,(H,14,18)(H,16,17). The third kappa shape index (κ3) is 4.55. The maximum atomic E-state index is 12.0. The lowest BCUT2D eigenvalue weighted by Gasteiger charge is -2.34. The lowest BCUT2D eigenvalue weighted by atomic mass is 9.90. The SMILES string of the molecule is CCC(CC)(CC)NC(=O)N(C)CC(C)C(=O)O. The van der Waals surface area contributed by atoms with E-state index in [1.54, 1.807) is 14.0 Å². The molecule has 0 saturated carbocycles. The van der Waals surface area contributed by atoms with Gasteiger partial charge in [-0.2, -0.15) is 0 Å². The van der Waals surface area contributed by atoms with Crippen molar-refractivity contribution < 1.29 is 14.7 Å². The van der Waals surface area contributed by atoms with Gasteiger partial charge in [0.2, 0.25) is 0 Å². The number of carbonyl (C=O) groups excluding carboxylic acids is 1. The summed E-state index contributed by atoms with van der Waals surface area (Å²) in [5, 5.41) is 11.8. The fourth-order valence-electron chi connectivity index (χ4n) is 1.91. The van der Waals surface area contributed by atoms with Crippen molar-refractivity contribution in [2.75, 3.05) is 13.6 Å². The Kier molecular flexibility index (Phi) is 6.73. The van der Waals surface area contributed by atoms with Gasteiger partial charge in [0.25, 0.3) is 0 Å². The Balaban J connectivity index is 4.51. The minimum absolute atomic E-state index is 0.183. The van der Waals surface area contributed by atoms with Crippen molar-refractivity contribution in [2.45, 2.75) is 52.5 Å².